The van der Waals surface area contributed by atoms with E-state index in [4.69, 9.17) is 4.74 Å². The minimum absolute atomic E-state index is 0.0273. The molecule has 0 radical (unpaired) electrons. The molecule has 1 amide bonds. The molecule has 1 atom stereocenters. The van der Waals surface area contributed by atoms with Gasteiger partial charge in [0.15, 0.2) is 0 Å². The van der Waals surface area contributed by atoms with Crippen molar-refractivity contribution < 1.29 is 9.53 Å². The van der Waals surface area contributed by atoms with Crippen LogP contribution in [0.4, 0.5) is 0 Å². The molecule has 1 heterocycles. The van der Waals surface area contributed by atoms with Crippen LogP contribution in [0.15, 0.2) is 0 Å². The third kappa shape index (κ3) is 4.06. The van der Waals surface area contributed by atoms with Crippen LogP contribution in [0.25, 0.3) is 0 Å². The van der Waals surface area contributed by atoms with E-state index in [1.54, 1.807) is 7.11 Å². The van der Waals surface area contributed by atoms with Gasteiger partial charge in [-0.1, -0.05) is 29.8 Å². The van der Waals surface area contributed by atoms with Gasteiger partial charge in [-0.15, -0.1) is 0 Å². The van der Waals surface area contributed by atoms with Gasteiger partial charge in [0.05, 0.1) is 4.83 Å². The summed E-state index contributed by atoms with van der Waals surface area (Å²) in [7, 11) is 1.72. The summed E-state index contributed by atoms with van der Waals surface area (Å²) >= 11 is 3.44. The lowest BCUT2D eigenvalue weighted by molar-refractivity contribution is -0.134. The summed E-state index contributed by atoms with van der Waals surface area (Å²) in [5.74, 6) is 0.247. The fraction of sp³-hybridized carbons (Fsp3) is 0.917. The minimum atomic E-state index is 0.0273. The second-order valence-electron chi connectivity index (χ2n) is 5.28. The largest absolute Gasteiger partial charge is 0.385 e. The summed E-state index contributed by atoms with van der Waals surface area (Å²) in [5, 5.41) is 0. The van der Waals surface area contributed by atoms with Crippen molar-refractivity contribution in [1.29, 1.82) is 0 Å². The van der Waals surface area contributed by atoms with Gasteiger partial charge in [-0.3, -0.25) is 4.79 Å². The third-order valence-electron chi connectivity index (χ3n) is 3.07. The molecular formula is C12H22BrNO2. The average molecular weight is 292 g/mol. The van der Waals surface area contributed by atoms with Crippen molar-refractivity contribution in [1.82, 2.24) is 4.90 Å². The number of piperidine rings is 1. The van der Waals surface area contributed by atoms with Crippen molar-refractivity contribution in [3.05, 3.63) is 0 Å². The molecule has 0 spiro atoms. The molecule has 0 aromatic carbocycles. The Morgan fingerprint density at radius 3 is 2.88 bits per heavy atom. The number of hydrogen-bond acceptors (Lipinski definition) is 2. The van der Waals surface area contributed by atoms with E-state index >= 15 is 0 Å². The van der Waals surface area contributed by atoms with Crippen molar-refractivity contribution in [3.63, 3.8) is 0 Å². The maximum Gasteiger partial charge on any atom is 0.236 e. The second kappa shape index (κ2) is 6.01. The molecule has 0 aromatic heterocycles. The fourth-order valence-corrected chi connectivity index (χ4v) is 2.64. The van der Waals surface area contributed by atoms with Crippen molar-refractivity contribution in [3.8, 4) is 0 Å². The Labute approximate surface area is 107 Å². The predicted octanol–water partition coefficient (Wildman–Crippen LogP) is 2.44. The Hall–Kier alpha value is -0.0900. The lowest BCUT2D eigenvalue weighted by Crippen LogP contribution is -2.46. The molecule has 0 aromatic rings. The Bertz CT molecular complexity index is 243. The number of nitrogens with zero attached hydrogens (tertiary/aromatic N) is 1. The van der Waals surface area contributed by atoms with Crippen LogP contribution in [0.2, 0.25) is 0 Å². The van der Waals surface area contributed by atoms with Gasteiger partial charge in [0, 0.05) is 26.8 Å². The summed E-state index contributed by atoms with van der Waals surface area (Å²) in [6.45, 7) is 6.87. The molecule has 1 aliphatic heterocycles. The molecule has 3 nitrogen and oxygen atoms in total. The topological polar surface area (TPSA) is 29.5 Å². The van der Waals surface area contributed by atoms with Crippen molar-refractivity contribution >= 4 is 21.8 Å². The number of hydrogen-bond donors (Lipinski definition) is 0. The molecule has 1 fully saturated rings. The second-order valence-corrected chi connectivity index (χ2v) is 6.38. The van der Waals surface area contributed by atoms with Gasteiger partial charge < -0.3 is 9.64 Å². The predicted molar refractivity (Wildman–Crippen MR) is 68.8 cm³/mol. The smallest absolute Gasteiger partial charge is 0.236 e. The Morgan fingerprint density at radius 2 is 2.25 bits per heavy atom. The zero-order valence-corrected chi connectivity index (χ0v) is 12.0. The highest BCUT2D eigenvalue weighted by molar-refractivity contribution is 9.10. The first-order valence-electron chi connectivity index (χ1n) is 5.88. The standard InChI is InChI=1S/C12H22BrNO2/c1-12(2,6-8-16-3)9-14-7-4-5-10(13)11(14)15/h10H,4-9H2,1-3H3. The van der Waals surface area contributed by atoms with E-state index in [1.165, 1.54) is 0 Å². The summed E-state index contributed by atoms with van der Waals surface area (Å²) in [5.41, 5.74) is 0.135. The van der Waals surface area contributed by atoms with Crippen LogP contribution in [0.3, 0.4) is 0 Å². The maximum atomic E-state index is 11.9. The summed E-state index contributed by atoms with van der Waals surface area (Å²) in [4.78, 5) is 13.9. The maximum absolute atomic E-state index is 11.9. The first kappa shape index (κ1) is 14.0. The number of halogens is 1. The summed E-state index contributed by atoms with van der Waals surface area (Å²) in [6, 6.07) is 0. The first-order chi connectivity index (χ1) is 7.46. The molecule has 1 unspecified atom stereocenters. The lowest BCUT2D eigenvalue weighted by atomic mass is 9.88. The normalized spacial score (nSPS) is 22.6. The molecule has 1 rings (SSSR count). The van der Waals surface area contributed by atoms with E-state index in [-0.39, 0.29) is 16.1 Å². The van der Waals surface area contributed by atoms with Crippen LogP contribution in [0, 0.1) is 5.41 Å². The molecular weight excluding hydrogens is 270 g/mol. The number of carbonyl (C=O) groups excluding carboxylic acids is 1. The molecule has 0 aliphatic carbocycles. The minimum Gasteiger partial charge on any atom is -0.385 e. The van der Waals surface area contributed by atoms with Gasteiger partial charge in [-0.05, 0) is 24.7 Å². The van der Waals surface area contributed by atoms with Crippen LogP contribution in [0.1, 0.15) is 33.1 Å². The van der Waals surface area contributed by atoms with E-state index in [9.17, 15) is 4.79 Å². The molecule has 0 bridgehead atoms. The number of ether oxygens (including phenoxy) is 1. The molecule has 16 heavy (non-hydrogen) atoms. The number of carbonyl (C=O) groups is 1. The Kier molecular flexibility index (Phi) is 5.25. The lowest BCUT2D eigenvalue weighted by Gasteiger charge is -2.36. The van der Waals surface area contributed by atoms with Crippen LogP contribution >= 0.6 is 15.9 Å². The van der Waals surface area contributed by atoms with Gasteiger partial charge in [-0.25, -0.2) is 0 Å². The molecule has 4 heteroatoms. The zero-order chi connectivity index (χ0) is 12.2. The van der Waals surface area contributed by atoms with Gasteiger partial charge >= 0.3 is 0 Å². The monoisotopic (exact) mass is 291 g/mol. The number of amides is 1. The Morgan fingerprint density at radius 1 is 1.56 bits per heavy atom. The molecule has 1 aliphatic rings. The van der Waals surface area contributed by atoms with E-state index in [2.05, 4.69) is 29.8 Å². The van der Waals surface area contributed by atoms with E-state index in [1.807, 2.05) is 4.90 Å². The van der Waals surface area contributed by atoms with Gasteiger partial charge in [-0.2, -0.15) is 0 Å². The van der Waals surface area contributed by atoms with E-state index < -0.39 is 0 Å². The third-order valence-corrected chi connectivity index (χ3v) is 3.92. The summed E-state index contributed by atoms with van der Waals surface area (Å²) < 4.78 is 5.10. The van der Waals surface area contributed by atoms with Crippen molar-refractivity contribution in [2.75, 3.05) is 26.8 Å². The van der Waals surface area contributed by atoms with Crippen LogP contribution < -0.4 is 0 Å². The van der Waals surface area contributed by atoms with E-state index in [0.29, 0.717) is 0 Å². The van der Waals surface area contributed by atoms with E-state index in [0.717, 1.165) is 39.0 Å². The quantitative estimate of drug-likeness (QED) is 0.728. The summed E-state index contributed by atoms with van der Waals surface area (Å²) in [6.07, 6.45) is 3.05. The highest BCUT2D eigenvalue weighted by atomic mass is 79.9. The van der Waals surface area contributed by atoms with Crippen molar-refractivity contribution in [2.45, 2.75) is 37.9 Å². The fourth-order valence-electron chi connectivity index (χ4n) is 2.02. The number of likely N-dealkylation sites (tertiary alicyclic amines) is 1. The molecule has 1 saturated heterocycles. The number of rotatable bonds is 5. The number of methoxy groups -OCH3 is 1. The average Bonchev–Trinajstić information content (AvgIpc) is 2.22. The van der Waals surface area contributed by atoms with Crippen LogP contribution in [0.5, 0.6) is 0 Å². The Balaban J connectivity index is 2.48. The zero-order valence-electron chi connectivity index (χ0n) is 10.5. The molecule has 0 N–H and O–H groups in total. The van der Waals surface area contributed by atoms with Gasteiger partial charge in [0.25, 0.3) is 0 Å². The van der Waals surface area contributed by atoms with Gasteiger partial charge in [0.2, 0.25) is 5.91 Å². The number of alkyl halides is 1. The molecule has 94 valence electrons. The highest BCUT2D eigenvalue weighted by Crippen LogP contribution is 2.26. The molecule has 0 saturated carbocycles. The van der Waals surface area contributed by atoms with Crippen LogP contribution in [-0.4, -0.2) is 42.4 Å². The highest BCUT2D eigenvalue weighted by Gasteiger charge is 2.30. The SMILES string of the molecule is COCCC(C)(C)CN1CCCC(Br)C1=O. The van der Waals surface area contributed by atoms with Gasteiger partial charge in [0.1, 0.15) is 0 Å². The first-order valence-corrected chi connectivity index (χ1v) is 6.80. The van der Waals surface area contributed by atoms with Crippen molar-refractivity contribution in [2.24, 2.45) is 5.41 Å². The van der Waals surface area contributed by atoms with Crippen LogP contribution in [-0.2, 0) is 9.53 Å².